The van der Waals surface area contributed by atoms with E-state index < -0.39 is 0 Å². The van der Waals surface area contributed by atoms with Crippen LogP contribution in [0.4, 0.5) is 0 Å². The minimum absolute atomic E-state index is 0.622. The molecule has 1 unspecified atom stereocenters. The third-order valence-electron chi connectivity index (χ3n) is 3.93. The molecule has 1 nitrogen and oxygen atoms in total. The van der Waals surface area contributed by atoms with Gasteiger partial charge in [-0.25, -0.2) is 4.98 Å². The Bertz CT molecular complexity index is 569. The van der Waals surface area contributed by atoms with Crippen LogP contribution in [0, 0.1) is 12.8 Å². The molecule has 1 heterocycles. The van der Waals surface area contributed by atoms with Gasteiger partial charge in [-0.3, -0.25) is 0 Å². The third kappa shape index (κ3) is 3.29. The normalized spacial score (nSPS) is 12.9. The molecule has 2 rings (SSSR count). The average molecular weight is 287 g/mol. The first-order valence-electron chi connectivity index (χ1n) is 7.56. The predicted octanol–water partition coefficient (Wildman–Crippen LogP) is 5.83. The molecular weight excluding hydrogens is 262 g/mol. The number of aryl methyl sites for hydroxylation is 1. The number of nitrogens with zero attached hydrogens (tertiary/aromatic N) is 1. The molecule has 0 fully saturated rings. The van der Waals surface area contributed by atoms with Crippen LogP contribution >= 0.6 is 11.3 Å². The van der Waals surface area contributed by atoms with Crippen molar-refractivity contribution in [2.75, 3.05) is 0 Å². The second kappa shape index (κ2) is 6.53. The Morgan fingerprint density at radius 1 is 1.20 bits per heavy atom. The fourth-order valence-electron chi connectivity index (χ4n) is 2.62. The molecule has 1 aromatic heterocycles. The van der Waals surface area contributed by atoms with E-state index in [9.17, 15) is 0 Å². The molecule has 20 heavy (non-hydrogen) atoms. The average Bonchev–Trinajstić information content (AvgIpc) is 2.84. The molecule has 0 aliphatic heterocycles. The molecule has 0 aliphatic rings. The maximum absolute atomic E-state index is 4.38. The van der Waals surface area contributed by atoms with Crippen LogP contribution in [0.3, 0.4) is 0 Å². The Kier molecular flexibility index (Phi) is 4.98. The second-order valence-corrected chi connectivity index (χ2v) is 6.94. The van der Waals surface area contributed by atoms with Crippen molar-refractivity contribution in [2.45, 2.75) is 53.4 Å². The standard InChI is InChI=1S/C18H25NS/c1-6-13(4)17-10-16(18-14(5)19-11-20-18)8-7-15(17)9-12(2)3/h7-8,10-13H,6,9H2,1-5H3. The Hall–Kier alpha value is -1.15. The zero-order valence-electron chi connectivity index (χ0n) is 13.2. The van der Waals surface area contributed by atoms with E-state index in [4.69, 9.17) is 0 Å². The van der Waals surface area contributed by atoms with Crippen LogP contribution in [0.5, 0.6) is 0 Å². The van der Waals surface area contributed by atoms with Crippen LogP contribution in [-0.4, -0.2) is 4.98 Å². The SMILES string of the molecule is CCC(C)c1cc(-c2scnc2C)ccc1CC(C)C. The molecule has 0 N–H and O–H groups in total. The van der Waals surface area contributed by atoms with Crippen molar-refractivity contribution in [1.82, 2.24) is 4.98 Å². The highest BCUT2D eigenvalue weighted by molar-refractivity contribution is 7.13. The van der Waals surface area contributed by atoms with E-state index in [1.54, 1.807) is 11.3 Å². The summed E-state index contributed by atoms with van der Waals surface area (Å²) in [5, 5.41) is 0. The summed E-state index contributed by atoms with van der Waals surface area (Å²) in [6.07, 6.45) is 2.36. The summed E-state index contributed by atoms with van der Waals surface area (Å²) in [6, 6.07) is 6.99. The Morgan fingerprint density at radius 3 is 2.50 bits per heavy atom. The zero-order valence-corrected chi connectivity index (χ0v) is 14.1. The Morgan fingerprint density at radius 2 is 1.95 bits per heavy atom. The fourth-order valence-corrected chi connectivity index (χ4v) is 3.42. The molecule has 108 valence electrons. The van der Waals surface area contributed by atoms with Crippen molar-refractivity contribution >= 4 is 11.3 Å². The van der Waals surface area contributed by atoms with Crippen LogP contribution < -0.4 is 0 Å². The summed E-state index contributed by atoms with van der Waals surface area (Å²) in [6.45, 7) is 11.3. The third-order valence-corrected chi connectivity index (χ3v) is 4.90. The first-order chi connectivity index (χ1) is 9.52. The highest BCUT2D eigenvalue weighted by Gasteiger charge is 2.13. The van der Waals surface area contributed by atoms with Gasteiger partial charge in [0.15, 0.2) is 0 Å². The van der Waals surface area contributed by atoms with Gasteiger partial charge in [-0.2, -0.15) is 0 Å². The van der Waals surface area contributed by atoms with Crippen LogP contribution in [0.1, 0.15) is 56.9 Å². The molecular formula is C18H25NS. The molecule has 0 spiro atoms. The molecule has 1 aromatic carbocycles. The fraction of sp³-hybridized carbons (Fsp3) is 0.500. The number of hydrogen-bond donors (Lipinski definition) is 0. The van der Waals surface area contributed by atoms with Gasteiger partial charge in [0.05, 0.1) is 16.1 Å². The van der Waals surface area contributed by atoms with Gasteiger partial charge in [-0.05, 0) is 54.4 Å². The number of thiazole rings is 1. The number of benzene rings is 1. The molecule has 0 radical (unpaired) electrons. The summed E-state index contributed by atoms with van der Waals surface area (Å²) >= 11 is 1.74. The lowest BCUT2D eigenvalue weighted by Gasteiger charge is -2.18. The van der Waals surface area contributed by atoms with Gasteiger partial charge < -0.3 is 0 Å². The van der Waals surface area contributed by atoms with E-state index in [1.807, 2.05) is 5.51 Å². The maximum Gasteiger partial charge on any atom is 0.0801 e. The van der Waals surface area contributed by atoms with Crippen molar-refractivity contribution in [3.05, 3.63) is 40.5 Å². The molecule has 0 aliphatic carbocycles. The summed E-state index contributed by atoms with van der Waals surface area (Å²) in [7, 11) is 0. The quantitative estimate of drug-likeness (QED) is 0.674. The van der Waals surface area contributed by atoms with Crippen LogP contribution in [-0.2, 0) is 6.42 Å². The first kappa shape index (κ1) is 15.2. The molecule has 2 aromatic rings. The Balaban J connectivity index is 2.45. The topological polar surface area (TPSA) is 12.9 Å². The van der Waals surface area contributed by atoms with E-state index in [-0.39, 0.29) is 0 Å². The molecule has 0 saturated heterocycles. The van der Waals surface area contributed by atoms with Gasteiger partial charge in [-0.1, -0.05) is 39.8 Å². The van der Waals surface area contributed by atoms with E-state index >= 15 is 0 Å². The van der Waals surface area contributed by atoms with Gasteiger partial charge in [-0.15, -0.1) is 11.3 Å². The van der Waals surface area contributed by atoms with Crippen LogP contribution in [0.25, 0.3) is 10.4 Å². The van der Waals surface area contributed by atoms with Crippen LogP contribution in [0.15, 0.2) is 23.7 Å². The number of aromatic nitrogens is 1. The van der Waals surface area contributed by atoms with Crippen molar-refractivity contribution < 1.29 is 0 Å². The lowest BCUT2D eigenvalue weighted by molar-refractivity contribution is 0.631. The molecule has 0 amide bonds. The predicted molar refractivity (Wildman–Crippen MR) is 89.5 cm³/mol. The lowest BCUT2D eigenvalue weighted by atomic mass is 9.88. The monoisotopic (exact) mass is 287 g/mol. The van der Waals surface area contributed by atoms with Gasteiger partial charge in [0.2, 0.25) is 0 Å². The van der Waals surface area contributed by atoms with Crippen molar-refractivity contribution in [3.63, 3.8) is 0 Å². The number of rotatable bonds is 5. The van der Waals surface area contributed by atoms with Gasteiger partial charge in [0, 0.05) is 0 Å². The second-order valence-electron chi connectivity index (χ2n) is 6.09. The van der Waals surface area contributed by atoms with Gasteiger partial charge in [0.1, 0.15) is 0 Å². The summed E-state index contributed by atoms with van der Waals surface area (Å²) in [5.74, 6) is 1.32. The smallest absolute Gasteiger partial charge is 0.0801 e. The molecule has 1 atom stereocenters. The highest BCUT2D eigenvalue weighted by atomic mass is 32.1. The van der Waals surface area contributed by atoms with Crippen molar-refractivity contribution in [3.8, 4) is 10.4 Å². The van der Waals surface area contributed by atoms with Gasteiger partial charge >= 0.3 is 0 Å². The van der Waals surface area contributed by atoms with E-state index in [1.165, 1.54) is 34.4 Å². The number of hydrogen-bond acceptors (Lipinski definition) is 2. The minimum Gasteiger partial charge on any atom is -0.249 e. The zero-order chi connectivity index (χ0) is 14.7. The van der Waals surface area contributed by atoms with Crippen LogP contribution in [0.2, 0.25) is 0 Å². The molecule has 0 bridgehead atoms. The lowest BCUT2D eigenvalue weighted by Crippen LogP contribution is -2.03. The van der Waals surface area contributed by atoms with Crippen molar-refractivity contribution in [2.24, 2.45) is 5.92 Å². The Labute approximate surface area is 127 Å². The summed E-state index contributed by atoms with van der Waals surface area (Å²) in [4.78, 5) is 5.69. The largest absolute Gasteiger partial charge is 0.249 e. The van der Waals surface area contributed by atoms with Crippen molar-refractivity contribution in [1.29, 1.82) is 0 Å². The first-order valence-corrected chi connectivity index (χ1v) is 8.44. The van der Waals surface area contributed by atoms with Gasteiger partial charge in [0.25, 0.3) is 0 Å². The molecule has 2 heteroatoms. The summed E-state index contributed by atoms with van der Waals surface area (Å²) < 4.78 is 0. The highest BCUT2D eigenvalue weighted by Crippen LogP contribution is 2.33. The maximum atomic E-state index is 4.38. The summed E-state index contributed by atoms with van der Waals surface area (Å²) in [5.41, 5.74) is 7.44. The minimum atomic E-state index is 0.622. The van der Waals surface area contributed by atoms with E-state index in [2.05, 4.69) is 57.8 Å². The van der Waals surface area contributed by atoms with E-state index in [0.717, 1.165) is 5.69 Å². The van der Waals surface area contributed by atoms with E-state index in [0.29, 0.717) is 11.8 Å². The molecule has 0 saturated carbocycles.